The third-order valence-electron chi connectivity index (χ3n) is 18.0. The molecule has 0 saturated carbocycles. The van der Waals surface area contributed by atoms with Crippen molar-refractivity contribution in [3.8, 4) is 22.3 Å². The highest BCUT2D eigenvalue weighted by molar-refractivity contribution is 5.85. The summed E-state index contributed by atoms with van der Waals surface area (Å²) in [5.41, 5.74) is 22.0. The second-order valence-corrected chi connectivity index (χ2v) is 21.9. The van der Waals surface area contributed by atoms with Crippen molar-refractivity contribution in [2.45, 2.75) is 213 Å². The zero-order valence-electron chi connectivity index (χ0n) is 44.0. The number of allylic oxidation sites excluding steroid dienone is 4. The van der Waals surface area contributed by atoms with Crippen LogP contribution in [0.5, 0.6) is 0 Å². The maximum Gasteiger partial charge on any atom is 0.0458 e. The average Bonchev–Trinajstić information content (AvgIpc) is 3.64. The van der Waals surface area contributed by atoms with E-state index in [2.05, 4.69) is 176 Å². The fourth-order valence-electron chi connectivity index (χ4n) is 12.2. The maximum absolute atomic E-state index is 2.71. The largest absolute Gasteiger partial charge is 0.314 e. The molecule has 0 atom stereocenters. The van der Waals surface area contributed by atoms with Crippen LogP contribution >= 0.6 is 0 Å². The summed E-state index contributed by atoms with van der Waals surface area (Å²) in [5.74, 6) is 0. The Bertz CT molecular complexity index is 2480. The summed E-state index contributed by atoms with van der Waals surface area (Å²) < 4.78 is 0. The third-order valence-corrected chi connectivity index (χ3v) is 18.0. The molecule has 68 heavy (non-hydrogen) atoms. The molecule has 0 heterocycles. The van der Waals surface area contributed by atoms with Crippen LogP contribution in [0.3, 0.4) is 0 Å². The van der Waals surface area contributed by atoms with Gasteiger partial charge in [0, 0.05) is 22.5 Å². The molecule has 0 fully saturated rings. The average molecular weight is 906 g/mol. The molecule has 0 bridgehead atoms. The van der Waals surface area contributed by atoms with Crippen molar-refractivity contribution in [3.63, 3.8) is 0 Å². The van der Waals surface area contributed by atoms with Gasteiger partial charge in [-0.15, -0.1) is 0 Å². The minimum atomic E-state index is 0.0452. The Hall–Kier alpha value is -4.62. The quantitative estimate of drug-likeness (QED) is 0.0528. The van der Waals surface area contributed by atoms with Crippen LogP contribution in [0, 0.1) is 0 Å². The van der Waals surface area contributed by atoms with Gasteiger partial charge < -0.3 is 4.90 Å². The van der Waals surface area contributed by atoms with Crippen LogP contribution in [-0.4, -0.2) is 0 Å². The van der Waals surface area contributed by atoms with Crippen LogP contribution in [0.1, 0.15) is 223 Å². The van der Waals surface area contributed by atoms with Crippen LogP contribution in [0.2, 0.25) is 0 Å². The normalized spacial score (nSPS) is 15.0. The highest BCUT2D eigenvalue weighted by Gasteiger charge is 2.43. The molecule has 0 unspecified atom stereocenters. The van der Waals surface area contributed by atoms with Gasteiger partial charge in [-0.1, -0.05) is 211 Å². The molecule has 0 aliphatic heterocycles. The van der Waals surface area contributed by atoms with E-state index in [-0.39, 0.29) is 16.2 Å². The van der Waals surface area contributed by atoms with Crippen molar-refractivity contribution in [1.82, 2.24) is 0 Å². The van der Waals surface area contributed by atoms with E-state index in [1.54, 1.807) is 16.7 Å². The van der Waals surface area contributed by atoms with E-state index < -0.39 is 0 Å². The minimum Gasteiger partial charge on any atom is -0.314 e. The zero-order valence-corrected chi connectivity index (χ0v) is 44.0. The van der Waals surface area contributed by atoms with Crippen LogP contribution in [-0.2, 0) is 29.1 Å². The van der Waals surface area contributed by atoms with Gasteiger partial charge in [0.1, 0.15) is 0 Å². The SMILES string of the molecule is CCCCCCCCC1(CCCCCCCC)c2cc(-c3ccc(N(C4=CC=C(c5ccc6c(c5)CC6)CC4)c4ccc(C(C)(CC)CC)cc4)cc3)ccc2-c2ccc(C(C)(CC)CC)cc21. The number of unbranched alkanes of at least 4 members (excludes halogenated alkanes) is 10. The Kier molecular flexibility index (Phi) is 16.4. The predicted molar refractivity (Wildman–Crippen MR) is 298 cm³/mol. The fraction of sp³-hybridized carbons (Fsp3) is 0.493. The molecule has 1 heteroatoms. The van der Waals surface area contributed by atoms with E-state index in [0.29, 0.717) is 0 Å². The summed E-state index contributed by atoms with van der Waals surface area (Å²) in [6.45, 7) is 19.0. The van der Waals surface area contributed by atoms with E-state index in [9.17, 15) is 0 Å². The van der Waals surface area contributed by atoms with Crippen LogP contribution in [0.15, 0.2) is 121 Å². The number of fused-ring (bicyclic) bond motifs is 4. The van der Waals surface area contributed by atoms with E-state index >= 15 is 0 Å². The van der Waals surface area contributed by atoms with Gasteiger partial charge in [-0.3, -0.25) is 0 Å². The second-order valence-electron chi connectivity index (χ2n) is 21.9. The molecular weight excluding hydrogens is 819 g/mol. The summed E-state index contributed by atoms with van der Waals surface area (Å²) in [7, 11) is 0. The number of anilines is 2. The van der Waals surface area contributed by atoms with Crippen LogP contribution < -0.4 is 4.90 Å². The molecule has 5 aromatic rings. The molecule has 0 radical (unpaired) electrons. The summed E-state index contributed by atoms with van der Waals surface area (Å²) in [6.07, 6.45) is 32.5. The first-order valence-corrected chi connectivity index (χ1v) is 28.0. The number of benzene rings is 5. The Morgan fingerprint density at radius 3 is 1.47 bits per heavy atom. The lowest BCUT2D eigenvalue weighted by molar-refractivity contribution is 0.395. The van der Waals surface area contributed by atoms with Crippen molar-refractivity contribution in [2.75, 3.05) is 4.90 Å². The van der Waals surface area contributed by atoms with E-state index in [1.165, 1.54) is 183 Å². The van der Waals surface area contributed by atoms with Gasteiger partial charge in [0.05, 0.1) is 0 Å². The molecule has 0 aromatic heterocycles. The second kappa shape index (κ2) is 22.4. The Labute approximate surface area is 415 Å². The summed E-state index contributed by atoms with van der Waals surface area (Å²) in [4.78, 5) is 2.54. The molecule has 0 N–H and O–H groups in total. The van der Waals surface area contributed by atoms with Gasteiger partial charge in [0.15, 0.2) is 0 Å². The molecule has 360 valence electrons. The summed E-state index contributed by atoms with van der Waals surface area (Å²) in [6, 6.07) is 41.6. The fourth-order valence-corrected chi connectivity index (χ4v) is 12.2. The molecule has 5 aromatic carbocycles. The monoisotopic (exact) mass is 906 g/mol. The minimum absolute atomic E-state index is 0.0452. The van der Waals surface area contributed by atoms with Gasteiger partial charge in [-0.05, 0) is 178 Å². The first kappa shape index (κ1) is 49.8. The molecule has 3 aliphatic carbocycles. The van der Waals surface area contributed by atoms with Gasteiger partial charge >= 0.3 is 0 Å². The molecule has 0 spiro atoms. The number of aryl methyl sites for hydroxylation is 2. The molecule has 0 amide bonds. The van der Waals surface area contributed by atoms with Crippen molar-refractivity contribution < 1.29 is 0 Å². The van der Waals surface area contributed by atoms with Crippen molar-refractivity contribution in [2.24, 2.45) is 0 Å². The molecule has 8 rings (SSSR count). The van der Waals surface area contributed by atoms with E-state index in [1.807, 2.05) is 0 Å². The molecule has 0 saturated heterocycles. The molecule has 3 aliphatic rings. The number of hydrogen-bond donors (Lipinski definition) is 0. The summed E-state index contributed by atoms with van der Waals surface area (Å²) >= 11 is 0. The van der Waals surface area contributed by atoms with Crippen LogP contribution in [0.25, 0.3) is 27.8 Å². The number of nitrogens with zero attached hydrogens (tertiary/aromatic N) is 1. The topological polar surface area (TPSA) is 3.24 Å². The Morgan fingerprint density at radius 1 is 0.426 bits per heavy atom. The maximum atomic E-state index is 2.71. The lowest BCUT2D eigenvalue weighted by atomic mass is 9.68. The van der Waals surface area contributed by atoms with Crippen molar-refractivity contribution in [3.05, 3.63) is 160 Å². The van der Waals surface area contributed by atoms with Gasteiger partial charge in [-0.2, -0.15) is 0 Å². The van der Waals surface area contributed by atoms with Crippen molar-refractivity contribution in [1.29, 1.82) is 0 Å². The number of rotatable bonds is 25. The van der Waals surface area contributed by atoms with Gasteiger partial charge in [0.2, 0.25) is 0 Å². The van der Waals surface area contributed by atoms with E-state index in [4.69, 9.17) is 0 Å². The third kappa shape index (κ3) is 10.3. The predicted octanol–water partition coefficient (Wildman–Crippen LogP) is 20.3. The first-order valence-electron chi connectivity index (χ1n) is 28.0. The standard InChI is InChI=1S/C67H87N/c1-9-15-17-19-21-23-45-67(46-24-22-20-18-16-10-2)63-48-55(33-43-61(63)62-44-36-57(49-64(62)67)66(8,13-5)14-6)52-31-39-59(40-32-52)68(60-41-34-56(35-42-60)65(7,11-3)12-4)58-37-29-51(30-38-58)54-28-26-50-25-27-53(50)47-54/h26,28-29,31-37,39-44,47-49H,9-25,27,30,38,45-46H2,1-8H3. The Balaban J connectivity index is 1.16. The molecular formula is C67H87N. The van der Waals surface area contributed by atoms with Crippen LogP contribution in [0.4, 0.5) is 11.4 Å². The first-order chi connectivity index (χ1) is 33.1. The highest BCUT2D eigenvalue weighted by atomic mass is 15.1. The van der Waals surface area contributed by atoms with Gasteiger partial charge in [-0.25, -0.2) is 0 Å². The smallest absolute Gasteiger partial charge is 0.0458 e. The lowest BCUT2D eigenvalue weighted by Crippen LogP contribution is -2.27. The Morgan fingerprint density at radius 2 is 0.926 bits per heavy atom. The lowest BCUT2D eigenvalue weighted by Gasteiger charge is -2.35. The molecule has 1 nitrogen and oxygen atoms in total. The zero-order chi connectivity index (χ0) is 47.7. The van der Waals surface area contributed by atoms with E-state index in [0.717, 1.165) is 25.7 Å². The van der Waals surface area contributed by atoms with Crippen molar-refractivity contribution >= 4 is 16.9 Å². The summed E-state index contributed by atoms with van der Waals surface area (Å²) in [5, 5.41) is 0. The van der Waals surface area contributed by atoms with Gasteiger partial charge in [0.25, 0.3) is 0 Å². The highest BCUT2D eigenvalue weighted by Crippen LogP contribution is 2.56. The number of hydrogen-bond acceptors (Lipinski definition) is 1.